The molecule has 0 radical (unpaired) electrons. The number of hydrogen-bond acceptors (Lipinski definition) is 3. The molecule has 0 saturated carbocycles. The standard InChI is InChI=1S/C24H34N2O3Si/c1-24(2,3)30(4,5)29-17-16-20(22(25)27)26-23(28)21(18-12-8-6-9-13-18)19-14-10-7-11-15-19/h6-15,20-21H,16-17H2,1-5H3,(H2,25,27)(H,26,28)/t20-/m1/s1. The van der Waals surface area contributed by atoms with Gasteiger partial charge in [0.05, 0.1) is 5.92 Å². The molecule has 3 N–H and O–H groups in total. The van der Waals surface area contributed by atoms with E-state index in [4.69, 9.17) is 10.2 Å². The van der Waals surface area contributed by atoms with Crippen molar-refractivity contribution in [2.75, 3.05) is 6.61 Å². The molecule has 0 spiro atoms. The Morgan fingerprint density at radius 3 is 1.83 bits per heavy atom. The molecule has 0 unspecified atom stereocenters. The Balaban J connectivity index is 2.14. The van der Waals surface area contributed by atoms with E-state index in [9.17, 15) is 9.59 Å². The van der Waals surface area contributed by atoms with Crippen molar-refractivity contribution < 1.29 is 14.0 Å². The Morgan fingerprint density at radius 1 is 0.967 bits per heavy atom. The van der Waals surface area contributed by atoms with Crippen LogP contribution in [0, 0.1) is 0 Å². The van der Waals surface area contributed by atoms with Gasteiger partial charge in [-0.1, -0.05) is 81.4 Å². The minimum Gasteiger partial charge on any atom is -0.417 e. The number of hydrogen-bond donors (Lipinski definition) is 2. The Bertz CT molecular complexity index is 793. The van der Waals surface area contributed by atoms with Gasteiger partial charge in [0, 0.05) is 6.61 Å². The molecule has 30 heavy (non-hydrogen) atoms. The van der Waals surface area contributed by atoms with Crippen LogP contribution in [-0.2, 0) is 14.0 Å². The van der Waals surface area contributed by atoms with Gasteiger partial charge in [-0.25, -0.2) is 0 Å². The van der Waals surface area contributed by atoms with Gasteiger partial charge in [-0.3, -0.25) is 9.59 Å². The highest BCUT2D eigenvalue weighted by molar-refractivity contribution is 6.74. The molecular formula is C24H34N2O3Si. The summed E-state index contributed by atoms with van der Waals surface area (Å²) < 4.78 is 6.17. The van der Waals surface area contributed by atoms with Crippen LogP contribution in [0.2, 0.25) is 18.1 Å². The summed E-state index contributed by atoms with van der Waals surface area (Å²) in [5.41, 5.74) is 7.33. The molecule has 2 amide bonds. The molecule has 2 rings (SSSR count). The topological polar surface area (TPSA) is 81.4 Å². The largest absolute Gasteiger partial charge is 0.417 e. The zero-order chi connectivity index (χ0) is 22.4. The first-order valence-corrected chi connectivity index (χ1v) is 13.3. The fourth-order valence-electron chi connectivity index (χ4n) is 2.98. The maximum absolute atomic E-state index is 13.2. The lowest BCUT2D eigenvalue weighted by Crippen LogP contribution is -2.48. The maximum atomic E-state index is 13.2. The highest BCUT2D eigenvalue weighted by atomic mass is 28.4. The lowest BCUT2D eigenvalue weighted by atomic mass is 9.90. The van der Waals surface area contributed by atoms with E-state index >= 15 is 0 Å². The van der Waals surface area contributed by atoms with E-state index < -0.39 is 26.2 Å². The van der Waals surface area contributed by atoms with Crippen LogP contribution < -0.4 is 11.1 Å². The number of rotatable bonds is 9. The maximum Gasteiger partial charge on any atom is 0.240 e. The van der Waals surface area contributed by atoms with E-state index in [0.29, 0.717) is 13.0 Å². The second-order valence-corrected chi connectivity index (χ2v) is 13.9. The van der Waals surface area contributed by atoms with Gasteiger partial charge < -0.3 is 15.5 Å². The van der Waals surface area contributed by atoms with Gasteiger partial charge in [-0.15, -0.1) is 0 Å². The van der Waals surface area contributed by atoms with Crippen molar-refractivity contribution in [1.29, 1.82) is 0 Å². The van der Waals surface area contributed by atoms with Crippen LogP contribution in [0.25, 0.3) is 0 Å². The van der Waals surface area contributed by atoms with Crippen LogP contribution in [0.1, 0.15) is 44.2 Å². The summed E-state index contributed by atoms with van der Waals surface area (Å²) in [6.45, 7) is 11.2. The zero-order valence-electron chi connectivity index (χ0n) is 18.6. The second-order valence-electron chi connectivity index (χ2n) is 9.12. The van der Waals surface area contributed by atoms with Crippen LogP contribution in [0.5, 0.6) is 0 Å². The van der Waals surface area contributed by atoms with E-state index in [-0.39, 0.29) is 10.9 Å². The van der Waals surface area contributed by atoms with Crippen molar-refractivity contribution in [2.45, 2.75) is 57.3 Å². The second kappa shape index (κ2) is 10.0. The van der Waals surface area contributed by atoms with Crippen LogP contribution in [-0.4, -0.2) is 32.8 Å². The molecule has 0 aromatic heterocycles. The number of carbonyl (C=O) groups is 2. The normalized spacial score (nSPS) is 13.1. The van der Waals surface area contributed by atoms with Gasteiger partial charge in [0.1, 0.15) is 6.04 Å². The molecule has 5 nitrogen and oxygen atoms in total. The van der Waals surface area contributed by atoms with E-state index in [2.05, 4.69) is 39.2 Å². The van der Waals surface area contributed by atoms with Crippen molar-refractivity contribution in [3.05, 3.63) is 71.8 Å². The predicted octanol–water partition coefficient (Wildman–Crippen LogP) is 4.20. The van der Waals surface area contributed by atoms with E-state index in [1.54, 1.807) is 0 Å². The minimum absolute atomic E-state index is 0.0736. The Labute approximate surface area is 181 Å². The summed E-state index contributed by atoms with van der Waals surface area (Å²) in [6, 6.07) is 18.3. The zero-order valence-corrected chi connectivity index (χ0v) is 19.6. The number of nitrogens with two attached hydrogens (primary N) is 1. The molecule has 6 heteroatoms. The first-order chi connectivity index (χ1) is 14.0. The van der Waals surface area contributed by atoms with Crippen LogP contribution in [0.4, 0.5) is 0 Å². The molecule has 1 atom stereocenters. The van der Waals surface area contributed by atoms with Gasteiger partial charge in [-0.2, -0.15) is 0 Å². The Hall–Kier alpha value is -2.44. The highest BCUT2D eigenvalue weighted by Crippen LogP contribution is 2.36. The molecule has 0 fully saturated rings. The molecule has 162 valence electrons. The molecule has 2 aromatic rings. The quantitative estimate of drug-likeness (QED) is 0.590. The molecular weight excluding hydrogens is 392 g/mol. The SMILES string of the molecule is CC(C)(C)[Si](C)(C)OCC[C@@H](NC(=O)C(c1ccccc1)c1ccccc1)C(N)=O. The molecule has 0 aliphatic heterocycles. The molecule has 0 aliphatic carbocycles. The summed E-state index contributed by atoms with van der Waals surface area (Å²) in [5.74, 6) is -1.32. The third kappa shape index (κ3) is 6.28. The Kier molecular flexibility index (Phi) is 7.98. The number of amides is 2. The monoisotopic (exact) mass is 426 g/mol. The van der Waals surface area contributed by atoms with Crippen LogP contribution in [0.3, 0.4) is 0 Å². The molecule has 0 heterocycles. The summed E-state index contributed by atoms with van der Waals surface area (Å²) in [5, 5.41) is 2.93. The van der Waals surface area contributed by atoms with Crippen molar-refractivity contribution in [3.63, 3.8) is 0 Å². The summed E-state index contributed by atoms with van der Waals surface area (Å²) >= 11 is 0. The summed E-state index contributed by atoms with van der Waals surface area (Å²) in [7, 11) is -1.94. The number of carbonyl (C=O) groups excluding carboxylic acids is 2. The minimum atomic E-state index is -1.94. The van der Waals surface area contributed by atoms with Gasteiger partial charge >= 0.3 is 0 Å². The smallest absolute Gasteiger partial charge is 0.240 e. The van der Waals surface area contributed by atoms with E-state index in [1.807, 2.05) is 60.7 Å². The molecule has 0 bridgehead atoms. The van der Waals surface area contributed by atoms with E-state index in [0.717, 1.165) is 11.1 Å². The van der Waals surface area contributed by atoms with Gasteiger partial charge in [0.15, 0.2) is 8.32 Å². The van der Waals surface area contributed by atoms with Gasteiger partial charge in [-0.05, 0) is 35.7 Å². The van der Waals surface area contributed by atoms with Crippen LogP contribution >= 0.6 is 0 Å². The lowest BCUT2D eigenvalue weighted by molar-refractivity contribution is -0.128. The van der Waals surface area contributed by atoms with Crippen molar-refractivity contribution in [2.24, 2.45) is 5.73 Å². The summed E-state index contributed by atoms with van der Waals surface area (Å²) in [4.78, 5) is 25.3. The molecule has 0 saturated heterocycles. The lowest BCUT2D eigenvalue weighted by Gasteiger charge is -2.36. The van der Waals surface area contributed by atoms with Crippen LogP contribution in [0.15, 0.2) is 60.7 Å². The van der Waals surface area contributed by atoms with Crippen molar-refractivity contribution in [1.82, 2.24) is 5.32 Å². The average molecular weight is 427 g/mol. The molecule has 0 aliphatic rings. The fraction of sp³-hybridized carbons (Fsp3) is 0.417. The van der Waals surface area contributed by atoms with Crippen molar-refractivity contribution in [3.8, 4) is 0 Å². The average Bonchev–Trinajstić information content (AvgIpc) is 2.68. The summed E-state index contributed by atoms with van der Waals surface area (Å²) in [6.07, 6.45) is 0.351. The Morgan fingerprint density at radius 2 is 1.43 bits per heavy atom. The number of nitrogens with one attached hydrogen (secondary N) is 1. The van der Waals surface area contributed by atoms with Crippen molar-refractivity contribution >= 4 is 20.1 Å². The predicted molar refractivity (Wildman–Crippen MR) is 124 cm³/mol. The third-order valence-corrected chi connectivity index (χ3v) is 10.4. The number of benzene rings is 2. The molecule has 2 aromatic carbocycles. The van der Waals surface area contributed by atoms with Gasteiger partial charge in [0.25, 0.3) is 0 Å². The van der Waals surface area contributed by atoms with E-state index in [1.165, 1.54) is 0 Å². The van der Waals surface area contributed by atoms with Gasteiger partial charge in [0.2, 0.25) is 11.8 Å². The highest BCUT2D eigenvalue weighted by Gasteiger charge is 2.37. The number of primary amides is 1. The third-order valence-electron chi connectivity index (χ3n) is 5.86. The first kappa shape index (κ1) is 23.8. The fourth-order valence-corrected chi connectivity index (χ4v) is 4.04. The first-order valence-electron chi connectivity index (χ1n) is 10.4.